The number of aliphatic hydroxyl groups excluding tert-OH is 1. The van der Waals surface area contributed by atoms with E-state index in [1.54, 1.807) is 0 Å². The number of likely N-dealkylation sites (tertiary alicyclic amines) is 1. The number of amides is 1. The van der Waals surface area contributed by atoms with Crippen LogP contribution in [0.3, 0.4) is 0 Å². The number of hydrogen-bond donors (Lipinski definition) is 1. The number of carbonyl (C=O) groups excluding carboxylic acids is 1. The molecule has 0 spiro atoms. The molecule has 3 rings (SSSR count). The highest BCUT2D eigenvalue weighted by Gasteiger charge is 2.28. The maximum absolute atomic E-state index is 12.6. The third kappa shape index (κ3) is 3.44. The minimum Gasteiger partial charge on any atom is -0.396 e. The van der Waals surface area contributed by atoms with Crippen LogP contribution in [0.4, 0.5) is 0 Å². The Morgan fingerprint density at radius 1 is 1.38 bits per heavy atom. The van der Waals surface area contributed by atoms with Crippen molar-refractivity contribution in [3.63, 3.8) is 0 Å². The molecular weight excluding hydrogens is 322 g/mol. The van der Waals surface area contributed by atoms with E-state index < -0.39 is 0 Å². The highest BCUT2D eigenvalue weighted by Crippen LogP contribution is 2.26. The second-order valence-electron chi connectivity index (χ2n) is 6.44. The van der Waals surface area contributed by atoms with Gasteiger partial charge in [0.25, 0.3) is 0 Å². The minimum atomic E-state index is 0.139. The molecule has 1 aromatic heterocycles. The van der Waals surface area contributed by atoms with E-state index >= 15 is 0 Å². The van der Waals surface area contributed by atoms with Crippen molar-refractivity contribution in [2.75, 3.05) is 18.9 Å². The van der Waals surface area contributed by atoms with Gasteiger partial charge in [-0.1, -0.05) is 23.9 Å². The lowest BCUT2D eigenvalue weighted by Crippen LogP contribution is -2.47. The van der Waals surface area contributed by atoms with E-state index in [0.717, 1.165) is 35.6 Å². The second-order valence-corrected chi connectivity index (χ2v) is 7.38. The number of fused-ring (bicyclic) bond motifs is 1. The first-order valence-corrected chi connectivity index (χ1v) is 9.61. The number of aliphatic hydroxyl groups is 1. The number of piperidine rings is 1. The van der Waals surface area contributed by atoms with E-state index in [0.29, 0.717) is 12.3 Å². The molecule has 1 aromatic carbocycles. The summed E-state index contributed by atoms with van der Waals surface area (Å²) < 4.78 is 2.16. The maximum Gasteiger partial charge on any atom is 0.233 e. The van der Waals surface area contributed by atoms with Gasteiger partial charge in [-0.25, -0.2) is 4.98 Å². The van der Waals surface area contributed by atoms with Gasteiger partial charge in [0, 0.05) is 25.7 Å². The summed E-state index contributed by atoms with van der Waals surface area (Å²) in [5.74, 6) is 0.752. The maximum atomic E-state index is 12.6. The average Bonchev–Trinajstić information content (AvgIpc) is 2.97. The number of para-hydroxylation sites is 2. The van der Waals surface area contributed by atoms with Crippen molar-refractivity contribution < 1.29 is 9.90 Å². The van der Waals surface area contributed by atoms with E-state index in [4.69, 9.17) is 0 Å². The van der Waals surface area contributed by atoms with Crippen molar-refractivity contribution in [2.45, 2.75) is 44.4 Å². The summed E-state index contributed by atoms with van der Waals surface area (Å²) in [4.78, 5) is 19.2. The molecule has 2 atom stereocenters. The van der Waals surface area contributed by atoms with Gasteiger partial charge in [0.05, 0.1) is 16.8 Å². The van der Waals surface area contributed by atoms with Crippen LogP contribution in [0.1, 0.15) is 26.7 Å². The third-order valence-corrected chi connectivity index (χ3v) is 5.78. The van der Waals surface area contributed by atoms with Gasteiger partial charge in [0.15, 0.2) is 5.16 Å². The van der Waals surface area contributed by atoms with E-state index in [1.807, 2.05) is 23.1 Å². The molecule has 0 bridgehead atoms. The predicted octanol–water partition coefficient (Wildman–Crippen LogP) is 2.77. The lowest BCUT2D eigenvalue weighted by Gasteiger charge is -2.37. The van der Waals surface area contributed by atoms with E-state index in [-0.39, 0.29) is 24.5 Å². The van der Waals surface area contributed by atoms with Crippen molar-refractivity contribution in [2.24, 2.45) is 5.92 Å². The molecule has 6 heteroatoms. The van der Waals surface area contributed by atoms with Crippen molar-refractivity contribution in [3.05, 3.63) is 24.3 Å². The molecule has 2 heterocycles. The van der Waals surface area contributed by atoms with Crippen molar-refractivity contribution in [1.82, 2.24) is 14.5 Å². The van der Waals surface area contributed by atoms with Crippen molar-refractivity contribution >= 4 is 28.7 Å². The lowest BCUT2D eigenvalue weighted by molar-refractivity contribution is -0.133. The molecule has 0 saturated carbocycles. The smallest absolute Gasteiger partial charge is 0.233 e. The van der Waals surface area contributed by atoms with Crippen molar-refractivity contribution in [3.8, 4) is 0 Å². The SMILES string of the molecule is CCn1c(SCC(=O)N2CC(CO)CCC2C)nc2ccccc21. The molecule has 1 fully saturated rings. The number of carbonyl (C=O) groups is 1. The molecule has 1 aliphatic heterocycles. The zero-order valence-corrected chi connectivity index (χ0v) is 15.1. The highest BCUT2D eigenvalue weighted by molar-refractivity contribution is 7.99. The Hall–Kier alpha value is -1.53. The topological polar surface area (TPSA) is 58.4 Å². The standard InChI is InChI=1S/C18H25N3O2S/c1-3-20-16-7-5-4-6-15(16)19-18(20)24-12-17(23)21-10-14(11-22)9-8-13(21)2/h4-7,13-14,22H,3,8-12H2,1-2H3. The van der Waals surface area contributed by atoms with Crippen LogP contribution < -0.4 is 0 Å². The summed E-state index contributed by atoms with van der Waals surface area (Å²) in [5.41, 5.74) is 2.09. The number of rotatable bonds is 5. The van der Waals surface area contributed by atoms with Gasteiger partial charge in [-0.3, -0.25) is 4.79 Å². The number of thioether (sulfide) groups is 1. The molecule has 1 N–H and O–H groups in total. The summed E-state index contributed by atoms with van der Waals surface area (Å²) >= 11 is 1.51. The van der Waals surface area contributed by atoms with E-state index in [1.165, 1.54) is 11.8 Å². The van der Waals surface area contributed by atoms with Gasteiger partial charge in [0.1, 0.15) is 0 Å². The molecular formula is C18H25N3O2S. The Labute approximate surface area is 147 Å². The fraction of sp³-hybridized carbons (Fsp3) is 0.556. The van der Waals surface area contributed by atoms with Crippen LogP contribution in [-0.2, 0) is 11.3 Å². The Bertz CT molecular complexity index is 715. The quantitative estimate of drug-likeness (QED) is 0.845. The first-order chi connectivity index (χ1) is 11.6. The minimum absolute atomic E-state index is 0.139. The van der Waals surface area contributed by atoms with Crippen LogP contribution in [-0.4, -0.2) is 50.4 Å². The number of hydrogen-bond acceptors (Lipinski definition) is 4. The van der Waals surface area contributed by atoms with Crippen LogP contribution in [0.5, 0.6) is 0 Å². The number of imidazole rings is 1. The molecule has 2 aromatic rings. The number of aryl methyl sites for hydroxylation is 1. The normalized spacial score (nSPS) is 21.4. The summed E-state index contributed by atoms with van der Waals surface area (Å²) in [6.45, 7) is 5.86. The zero-order chi connectivity index (χ0) is 17.1. The van der Waals surface area contributed by atoms with Crippen LogP contribution in [0.2, 0.25) is 0 Å². The molecule has 0 aliphatic carbocycles. The van der Waals surface area contributed by atoms with Crippen LogP contribution in [0.25, 0.3) is 11.0 Å². The highest BCUT2D eigenvalue weighted by atomic mass is 32.2. The monoisotopic (exact) mass is 347 g/mol. The molecule has 1 aliphatic rings. The van der Waals surface area contributed by atoms with Crippen LogP contribution >= 0.6 is 11.8 Å². The van der Waals surface area contributed by atoms with Crippen LogP contribution in [0.15, 0.2) is 29.4 Å². The van der Waals surface area contributed by atoms with Gasteiger partial charge >= 0.3 is 0 Å². The molecule has 1 amide bonds. The predicted molar refractivity (Wildman–Crippen MR) is 97.1 cm³/mol. The van der Waals surface area contributed by atoms with E-state index in [9.17, 15) is 9.90 Å². The summed E-state index contributed by atoms with van der Waals surface area (Å²) in [5, 5.41) is 10.3. The first kappa shape index (κ1) is 17.3. The average molecular weight is 347 g/mol. The Balaban J connectivity index is 1.70. The molecule has 130 valence electrons. The molecule has 24 heavy (non-hydrogen) atoms. The Morgan fingerprint density at radius 3 is 2.92 bits per heavy atom. The van der Waals surface area contributed by atoms with Gasteiger partial charge < -0.3 is 14.6 Å². The fourth-order valence-electron chi connectivity index (χ4n) is 3.36. The first-order valence-electron chi connectivity index (χ1n) is 8.62. The zero-order valence-electron chi connectivity index (χ0n) is 14.3. The molecule has 5 nitrogen and oxygen atoms in total. The Kier molecular flexibility index (Phi) is 5.46. The Morgan fingerprint density at radius 2 is 2.17 bits per heavy atom. The van der Waals surface area contributed by atoms with Gasteiger partial charge in [-0.2, -0.15) is 0 Å². The largest absolute Gasteiger partial charge is 0.396 e. The van der Waals surface area contributed by atoms with Gasteiger partial charge in [-0.15, -0.1) is 0 Å². The second kappa shape index (κ2) is 7.57. The van der Waals surface area contributed by atoms with Crippen LogP contribution in [0, 0.1) is 5.92 Å². The van der Waals surface area contributed by atoms with Gasteiger partial charge in [-0.05, 0) is 44.7 Å². The lowest BCUT2D eigenvalue weighted by atomic mass is 9.94. The summed E-state index contributed by atoms with van der Waals surface area (Å²) in [7, 11) is 0. The van der Waals surface area contributed by atoms with E-state index in [2.05, 4.69) is 29.5 Å². The summed E-state index contributed by atoms with van der Waals surface area (Å²) in [6, 6.07) is 8.33. The fourth-order valence-corrected chi connectivity index (χ4v) is 4.32. The number of benzene rings is 1. The molecule has 0 radical (unpaired) electrons. The third-order valence-electron chi connectivity index (χ3n) is 4.82. The molecule has 2 unspecified atom stereocenters. The number of aromatic nitrogens is 2. The van der Waals surface area contributed by atoms with Crippen molar-refractivity contribution in [1.29, 1.82) is 0 Å². The number of nitrogens with zero attached hydrogens (tertiary/aromatic N) is 3. The molecule has 1 saturated heterocycles. The summed E-state index contributed by atoms with van der Waals surface area (Å²) in [6.07, 6.45) is 1.97. The van der Waals surface area contributed by atoms with Gasteiger partial charge in [0.2, 0.25) is 5.91 Å².